The van der Waals surface area contributed by atoms with Gasteiger partial charge in [-0.25, -0.2) is 14.6 Å². The van der Waals surface area contributed by atoms with E-state index >= 15 is 0 Å². The van der Waals surface area contributed by atoms with E-state index in [9.17, 15) is 19.7 Å². The van der Waals surface area contributed by atoms with Crippen LogP contribution in [0.4, 0.5) is 17.1 Å². The van der Waals surface area contributed by atoms with Gasteiger partial charge in [0.25, 0.3) is 5.69 Å². The molecule has 0 saturated heterocycles. The zero-order valence-electron chi connectivity index (χ0n) is 14.9. The molecule has 1 heterocycles. The predicted molar refractivity (Wildman–Crippen MR) is 102 cm³/mol. The van der Waals surface area contributed by atoms with Crippen LogP contribution in [0.3, 0.4) is 0 Å². The molecule has 142 valence electrons. The molecule has 0 unspecified atom stereocenters. The molecule has 0 fully saturated rings. The van der Waals surface area contributed by atoms with Crippen molar-refractivity contribution in [1.29, 1.82) is 0 Å². The first kappa shape index (κ1) is 18.8. The zero-order valence-corrected chi connectivity index (χ0v) is 14.9. The first-order valence-electron chi connectivity index (χ1n) is 8.22. The summed E-state index contributed by atoms with van der Waals surface area (Å²) >= 11 is 0. The van der Waals surface area contributed by atoms with Crippen molar-refractivity contribution in [3.63, 3.8) is 0 Å². The minimum absolute atomic E-state index is 0.0468. The molecule has 3 aromatic rings. The smallest absolute Gasteiger partial charge is 0.347 e. The van der Waals surface area contributed by atoms with Crippen molar-refractivity contribution < 1.29 is 14.5 Å². The zero-order chi connectivity index (χ0) is 20.1. The van der Waals surface area contributed by atoms with Crippen LogP contribution in [0.5, 0.6) is 0 Å². The predicted octanol–water partition coefficient (Wildman–Crippen LogP) is 2.73. The largest absolute Gasteiger partial charge is 0.465 e. The number of anilines is 2. The van der Waals surface area contributed by atoms with Gasteiger partial charge >= 0.3 is 11.7 Å². The number of benzene rings is 2. The van der Waals surface area contributed by atoms with Crippen molar-refractivity contribution in [2.75, 3.05) is 12.4 Å². The molecule has 1 N–H and O–H groups in total. The van der Waals surface area contributed by atoms with E-state index in [2.05, 4.69) is 10.3 Å². The Balaban J connectivity index is 1.90. The average Bonchev–Trinajstić information content (AvgIpc) is 2.69. The Morgan fingerprint density at radius 3 is 2.79 bits per heavy atom. The van der Waals surface area contributed by atoms with E-state index in [4.69, 9.17) is 4.74 Å². The summed E-state index contributed by atoms with van der Waals surface area (Å²) in [6.07, 6.45) is 3.07. The van der Waals surface area contributed by atoms with E-state index in [-0.39, 0.29) is 16.9 Å². The van der Waals surface area contributed by atoms with Crippen molar-refractivity contribution in [2.45, 2.75) is 6.54 Å². The Kier molecular flexibility index (Phi) is 5.45. The molecule has 2 aromatic carbocycles. The number of ether oxygens (including phenoxy) is 1. The number of nitrogens with zero attached hydrogens (tertiary/aromatic N) is 3. The van der Waals surface area contributed by atoms with Crippen LogP contribution in [-0.4, -0.2) is 27.6 Å². The van der Waals surface area contributed by atoms with Crippen molar-refractivity contribution in [3.05, 3.63) is 92.7 Å². The van der Waals surface area contributed by atoms with Gasteiger partial charge in [0.05, 0.1) is 29.8 Å². The lowest BCUT2D eigenvalue weighted by Crippen LogP contribution is -2.21. The number of nitro groups is 1. The average molecular weight is 380 g/mol. The first-order chi connectivity index (χ1) is 13.5. The monoisotopic (exact) mass is 380 g/mol. The van der Waals surface area contributed by atoms with Crippen molar-refractivity contribution in [2.24, 2.45) is 0 Å². The molecule has 0 saturated carbocycles. The summed E-state index contributed by atoms with van der Waals surface area (Å²) in [5.74, 6) is -0.690. The van der Waals surface area contributed by atoms with Crippen LogP contribution in [-0.2, 0) is 11.3 Å². The summed E-state index contributed by atoms with van der Waals surface area (Å²) in [7, 11) is 1.21. The van der Waals surface area contributed by atoms with Gasteiger partial charge in [-0.2, -0.15) is 0 Å². The van der Waals surface area contributed by atoms with E-state index < -0.39 is 10.9 Å². The number of nitro benzene ring substituents is 1. The van der Waals surface area contributed by atoms with Crippen molar-refractivity contribution in [3.8, 4) is 0 Å². The third-order valence-electron chi connectivity index (χ3n) is 3.96. The maximum atomic E-state index is 12.0. The maximum absolute atomic E-state index is 12.0. The van der Waals surface area contributed by atoms with Crippen LogP contribution in [0.15, 0.2) is 65.7 Å². The van der Waals surface area contributed by atoms with Gasteiger partial charge in [0.2, 0.25) is 0 Å². The number of methoxy groups -OCH3 is 1. The number of hydrogen-bond donors (Lipinski definition) is 1. The van der Waals surface area contributed by atoms with Gasteiger partial charge in [-0.05, 0) is 29.8 Å². The van der Waals surface area contributed by atoms with Gasteiger partial charge in [0, 0.05) is 30.2 Å². The molecule has 28 heavy (non-hydrogen) atoms. The summed E-state index contributed by atoms with van der Waals surface area (Å²) in [5, 5.41) is 14.0. The van der Waals surface area contributed by atoms with E-state index in [0.717, 1.165) is 11.6 Å². The lowest BCUT2D eigenvalue weighted by molar-refractivity contribution is -0.384. The van der Waals surface area contributed by atoms with Gasteiger partial charge in [-0.1, -0.05) is 12.1 Å². The number of hydrogen-bond acceptors (Lipinski definition) is 7. The standard InChI is InChI=1S/C19H16N4O5/c1-28-18(24)16-11-15(23(26)27)6-7-17(16)21-14-5-2-4-13(10-14)12-22-9-3-8-20-19(22)25/h2-11,21H,12H2,1H3. The molecule has 9 nitrogen and oxygen atoms in total. The Labute approximate surface area is 159 Å². The Hall–Kier alpha value is -4.01. The normalized spacial score (nSPS) is 10.3. The van der Waals surface area contributed by atoms with Crippen LogP contribution < -0.4 is 11.0 Å². The van der Waals surface area contributed by atoms with E-state index in [1.165, 1.54) is 30.0 Å². The number of nitrogens with one attached hydrogen (secondary N) is 1. The highest BCUT2D eigenvalue weighted by Gasteiger charge is 2.17. The van der Waals surface area contributed by atoms with Crippen LogP contribution in [0.2, 0.25) is 0 Å². The third kappa shape index (κ3) is 4.21. The fourth-order valence-electron chi connectivity index (χ4n) is 2.64. The number of carbonyl (C=O) groups excluding carboxylic acids is 1. The number of rotatable bonds is 6. The van der Waals surface area contributed by atoms with Crippen LogP contribution >= 0.6 is 0 Å². The maximum Gasteiger partial charge on any atom is 0.347 e. The second kappa shape index (κ2) is 8.12. The first-order valence-corrected chi connectivity index (χ1v) is 8.22. The summed E-state index contributed by atoms with van der Waals surface area (Å²) in [6, 6.07) is 12.8. The molecule has 0 aliphatic carbocycles. The lowest BCUT2D eigenvalue weighted by Gasteiger charge is -2.12. The molecule has 1 aromatic heterocycles. The fourth-order valence-corrected chi connectivity index (χ4v) is 2.64. The minimum atomic E-state index is -0.690. The summed E-state index contributed by atoms with van der Waals surface area (Å²) in [5.41, 5.74) is 1.33. The Morgan fingerprint density at radius 1 is 1.25 bits per heavy atom. The Morgan fingerprint density at radius 2 is 2.07 bits per heavy atom. The number of carbonyl (C=O) groups is 1. The lowest BCUT2D eigenvalue weighted by atomic mass is 10.1. The van der Waals surface area contributed by atoms with Gasteiger partial charge in [-0.3, -0.25) is 14.7 Å². The SMILES string of the molecule is COC(=O)c1cc([N+](=O)[O-])ccc1Nc1cccc(Cn2cccnc2=O)c1. The quantitative estimate of drug-likeness (QED) is 0.397. The van der Waals surface area contributed by atoms with Crippen LogP contribution in [0.1, 0.15) is 15.9 Å². The van der Waals surface area contributed by atoms with Gasteiger partial charge in [-0.15, -0.1) is 0 Å². The molecular weight excluding hydrogens is 364 g/mol. The molecule has 0 aliphatic heterocycles. The summed E-state index contributed by atoms with van der Waals surface area (Å²) < 4.78 is 6.18. The van der Waals surface area contributed by atoms with Crippen LogP contribution in [0, 0.1) is 10.1 Å². The fraction of sp³-hybridized carbons (Fsp3) is 0.105. The number of non-ortho nitro benzene ring substituents is 1. The third-order valence-corrected chi connectivity index (χ3v) is 3.96. The highest BCUT2D eigenvalue weighted by atomic mass is 16.6. The molecule has 0 radical (unpaired) electrons. The summed E-state index contributed by atoms with van der Waals surface area (Å²) in [6.45, 7) is 0.326. The van der Waals surface area contributed by atoms with Gasteiger partial charge in [0.1, 0.15) is 0 Å². The Bertz CT molecular complexity index is 1090. The van der Waals surface area contributed by atoms with Crippen LogP contribution in [0.25, 0.3) is 0 Å². The van der Waals surface area contributed by atoms with E-state index in [0.29, 0.717) is 17.9 Å². The minimum Gasteiger partial charge on any atom is -0.465 e. The highest BCUT2D eigenvalue weighted by molar-refractivity contribution is 5.97. The molecule has 0 amide bonds. The number of aromatic nitrogens is 2. The van der Waals surface area contributed by atoms with Crippen molar-refractivity contribution >= 4 is 23.0 Å². The highest BCUT2D eigenvalue weighted by Crippen LogP contribution is 2.26. The van der Waals surface area contributed by atoms with Gasteiger partial charge in [0.15, 0.2) is 0 Å². The second-order valence-corrected chi connectivity index (χ2v) is 5.83. The second-order valence-electron chi connectivity index (χ2n) is 5.83. The van der Waals surface area contributed by atoms with E-state index in [1.807, 2.05) is 12.1 Å². The topological polar surface area (TPSA) is 116 Å². The van der Waals surface area contributed by atoms with Gasteiger partial charge < -0.3 is 10.1 Å². The molecular formula is C19H16N4O5. The summed E-state index contributed by atoms with van der Waals surface area (Å²) in [4.78, 5) is 37.9. The molecule has 3 rings (SSSR count). The molecule has 0 spiro atoms. The van der Waals surface area contributed by atoms with Crippen molar-refractivity contribution in [1.82, 2.24) is 9.55 Å². The van der Waals surface area contributed by atoms with E-state index in [1.54, 1.807) is 24.4 Å². The molecule has 0 aliphatic rings. The molecule has 0 atom stereocenters. The number of esters is 1. The molecule has 0 bridgehead atoms. The molecule has 9 heteroatoms.